The van der Waals surface area contributed by atoms with Crippen molar-refractivity contribution in [3.05, 3.63) is 89.5 Å². The Balaban J connectivity index is 1.53. The van der Waals surface area contributed by atoms with E-state index in [4.69, 9.17) is 0 Å². The van der Waals surface area contributed by atoms with E-state index in [0.29, 0.717) is 16.8 Å². The summed E-state index contributed by atoms with van der Waals surface area (Å²) in [5.74, 6) is -1.15. The molecule has 0 atom stereocenters. The Morgan fingerprint density at radius 1 is 0.731 bits per heavy atom. The fourth-order valence-corrected chi connectivity index (χ4v) is 2.89. The molecule has 126 valence electrons. The van der Waals surface area contributed by atoms with E-state index in [1.807, 2.05) is 42.5 Å². The third-order valence-corrected chi connectivity index (χ3v) is 4.25. The molecule has 0 unspecified atom stereocenters. The van der Waals surface area contributed by atoms with Crippen molar-refractivity contribution in [3.8, 4) is 11.1 Å². The van der Waals surface area contributed by atoms with Crippen LogP contribution in [0.3, 0.4) is 0 Å². The van der Waals surface area contributed by atoms with E-state index < -0.39 is 11.8 Å². The normalized spacial score (nSPS) is 12.5. The van der Waals surface area contributed by atoms with Crippen molar-refractivity contribution in [1.29, 1.82) is 0 Å². The van der Waals surface area contributed by atoms with Gasteiger partial charge in [0.1, 0.15) is 0 Å². The number of hydrogen-bond acceptors (Lipinski definition) is 3. The van der Waals surface area contributed by atoms with Crippen LogP contribution in [0.25, 0.3) is 11.1 Å². The summed E-state index contributed by atoms with van der Waals surface area (Å²) in [6.07, 6.45) is 0. The maximum Gasteiger partial charge on any atom is 0.259 e. The van der Waals surface area contributed by atoms with Crippen molar-refractivity contribution in [2.45, 2.75) is 0 Å². The molecule has 0 saturated carbocycles. The molecular weight excluding hydrogens is 328 g/mol. The van der Waals surface area contributed by atoms with Crippen LogP contribution in [0.1, 0.15) is 31.1 Å². The van der Waals surface area contributed by atoms with Crippen molar-refractivity contribution < 1.29 is 14.4 Å². The lowest BCUT2D eigenvalue weighted by molar-refractivity contribution is 0.0878. The van der Waals surface area contributed by atoms with Crippen LogP contribution in [0.15, 0.2) is 72.8 Å². The molecule has 3 amide bonds. The van der Waals surface area contributed by atoms with Crippen LogP contribution in [0, 0.1) is 0 Å². The number of hydrogen-bond donors (Lipinski definition) is 2. The Hall–Kier alpha value is -3.73. The summed E-state index contributed by atoms with van der Waals surface area (Å²) in [7, 11) is 0. The Bertz CT molecular complexity index is 1020. The van der Waals surface area contributed by atoms with Gasteiger partial charge in [-0.25, -0.2) is 0 Å². The topological polar surface area (TPSA) is 75.3 Å². The fourth-order valence-electron chi connectivity index (χ4n) is 2.89. The molecule has 0 radical (unpaired) electrons. The molecule has 2 N–H and O–H groups in total. The first-order valence-corrected chi connectivity index (χ1v) is 8.08. The van der Waals surface area contributed by atoms with E-state index in [1.165, 1.54) is 12.1 Å². The minimum Gasteiger partial charge on any atom is -0.322 e. The number of fused-ring (bicyclic) bond motifs is 1. The standard InChI is InChI=1S/C21H14N2O3/c24-19(15-8-6-14(7-9-15)13-4-2-1-3-5-13)22-16-10-11-17-18(12-16)21(26)23-20(17)25/h1-12H,(H,22,24)(H,23,25,26). The number of imide groups is 1. The summed E-state index contributed by atoms with van der Waals surface area (Å²) in [6.45, 7) is 0. The molecule has 0 aliphatic carbocycles. The fraction of sp³-hybridized carbons (Fsp3) is 0. The minimum atomic E-state index is -0.451. The summed E-state index contributed by atoms with van der Waals surface area (Å²) in [5, 5.41) is 4.98. The number of nitrogens with one attached hydrogen (secondary N) is 2. The van der Waals surface area contributed by atoms with Gasteiger partial charge in [0.25, 0.3) is 17.7 Å². The number of carbonyl (C=O) groups excluding carboxylic acids is 3. The Morgan fingerprint density at radius 2 is 1.38 bits per heavy atom. The zero-order valence-electron chi connectivity index (χ0n) is 13.7. The Kier molecular flexibility index (Phi) is 3.82. The second-order valence-electron chi connectivity index (χ2n) is 5.94. The van der Waals surface area contributed by atoms with Crippen LogP contribution in [0.2, 0.25) is 0 Å². The summed E-state index contributed by atoms with van der Waals surface area (Å²) in [5.41, 5.74) is 3.66. The number of rotatable bonds is 3. The third kappa shape index (κ3) is 2.86. The van der Waals surface area contributed by atoms with E-state index in [-0.39, 0.29) is 11.5 Å². The van der Waals surface area contributed by atoms with Crippen molar-refractivity contribution in [2.24, 2.45) is 0 Å². The van der Waals surface area contributed by atoms with Gasteiger partial charge in [0.05, 0.1) is 11.1 Å². The molecule has 5 heteroatoms. The van der Waals surface area contributed by atoms with E-state index >= 15 is 0 Å². The average molecular weight is 342 g/mol. The summed E-state index contributed by atoms with van der Waals surface area (Å²) >= 11 is 0. The molecule has 0 fully saturated rings. The highest BCUT2D eigenvalue weighted by molar-refractivity contribution is 6.22. The van der Waals surface area contributed by atoms with Crippen LogP contribution in [-0.4, -0.2) is 17.7 Å². The monoisotopic (exact) mass is 342 g/mol. The van der Waals surface area contributed by atoms with Crippen molar-refractivity contribution in [3.63, 3.8) is 0 Å². The third-order valence-electron chi connectivity index (χ3n) is 4.25. The molecule has 1 aliphatic heterocycles. The van der Waals surface area contributed by atoms with Crippen molar-refractivity contribution in [1.82, 2.24) is 5.32 Å². The van der Waals surface area contributed by atoms with Gasteiger partial charge in [0.2, 0.25) is 0 Å². The van der Waals surface area contributed by atoms with Crippen LogP contribution < -0.4 is 10.6 Å². The lowest BCUT2D eigenvalue weighted by atomic mass is 10.0. The Labute approximate surface area is 149 Å². The molecule has 0 saturated heterocycles. The zero-order chi connectivity index (χ0) is 18.1. The van der Waals surface area contributed by atoms with E-state index in [1.54, 1.807) is 18.2 Å². The maximum absolute atomic E-state index is 12.4. The molecule has 26 heavy (non-hydrogen) atoms. The second kappa shape index (κ2) is 6.29. The molecule has 5 nitrogen and oxygen atoms in total. The molecule has 3 aromatic rings. The first kappa shape index (κ1) is 15.8. The van der Waals surface area contributed by atoms with E-state index in [2.05, 4.69) is 10.6 Å². The highest BCUT2D eigenvalue weighted by atomic mass is 16.2. The van der Waals surface area contributed by atoms with Crippen LogP contribution in [0.4, 0.5) is 5.69 Å². The van der Waals surface area contributed by atoms with Crippen LogP contribution in [0.5, 0.6) is 0 Å². The molecule has 3 aromatic carbocycles. The van der Waals surface area contributed by atoms with Gasteiger partial charge in [-0.05, 0) is 41.5 Å². The SMILES string of the molecule is O=C(Nc1ccc2c(c1)C(=O)NC2=O)c1ccc(-c2ccccc2)cc1. The summed E-state index contributed by atoms with van der Waals surface area (Å²) in [4.78, 5) is 35.7. The van der Waals surface area contributed by atoms with Gasteiger partial charge in [-0.3, -0.25) is 19.7 Å². The lowest BCUT2D eigenvalue weighted by Crippen LogP contribution is -2.19. The van der Waals surface area contributed by atoms with Gasteiger partial charge in [-0.1, -0.05) is 42.5 Å². The number of anilines is 1. The Morgan fingerprint density at radius 3 is 2.12 bits per heavy atom. The predicted octanol–water partition coefficient (Wildman–Crippen LogP) is 3.49. The minimum absolute atomic E-state index is 0.271. The number of benzene rings is 3. The molecule has 0 bridgehead atoms. The largest absolute Gasteiger partial charge is 0.322 e. The van der Waals surface area contributed by atoms with Gasteiger partial charge < -0.3 is 5.32 Å². The van der Waals surface area contributed by atoms with Crippen LogP contribution >= 0.6 is 0 Å². The first-order valence-electron chi connectivity index (χ1n) is 8.08. The number of amides is 3. The van der Waals surface area contributed by atoms with Gasteiger partial charge in [-0.2, -0.15) is 0 Å². The van der Waals surface area contributed by atoms with E-state index in [9.17, 15) is 14.4 Å². The zero-order valence-corrected chi connectivity index (χ0v) is 13.7. The molecular formula is C21H14N2O3. The predicted molar refractivity (Wildman–Crippen MR) is 98.1 cm³/mol. The molecule has 0 spiro atoms. The molecule has 1 aliphatic rings. The van der Waals surface area contributed by atoms with Gasteiger partial charge in [-0.15, -0.1) is 0 Å². The van der Waals surface area contributed by atoms with E-state index in [0.717, 1.165) is 11.1 Å². The summed E-state index contributed by atoms with van der Waals surface area (Å²) < 4.78 is 0. The molecule has 0 aromatic heterocycles. The highest BCUT2D eigenvalue weighted by Gasteiger charge is 2.26. The second-order valence-corrected chi connectivity index (χ2v) is 5.94. The quantitative estimate of drug-likeness (QED) is 0.716. The van der Waals surface area contributed by atoms with Gasteiger partial charge >= 0.3 is 0 Å². The van der Waals surface area contributed by atoms with Crippen molar-refractivity contribution >= 4 is 23.4 Å². The molecule has 4 rings (SSSR count). The number of carbonyl (C=O) groups is 3. The average Bonchev–Trinajstić information content (AvgIpc) is 2.96. The van der Waals surface area contributed by atoms with Gasteiger partial charge in [0, 0.05) is 11.3 Å². The first-order chi connectivity index (χ1) is 12.6. The van der Waals surface area contributed by atoms with Crippen LogP contribution in [-0.2, 0) is 0 Å². The van der Waals surface area contributed by atoms with Crippen molar-refractivity contribution in [2.75, 3.05) is 5.32 Å². The smallest absolute Gasteiger partial charge is 0.259 e. The maximum atomic E-state index is 12.4. The van der Waals surface area contributed by atoms with Gasteiger partial charge in [0.15, 0.2) is 0 Å². The summed E-state index contributed by atoms with van der Waals surface area (Å²) in [6, 6.07) is 21.8. The molecule has 1 heterocycles. The highest BCUT2D eigenvalue weighted by Crippen LogP contribution is 2.22. The lowest BCUT2D eigenvalue weighted by Gasteiger charge is -2.07.